The molecule has 7 nitrogen and oxygen atoms in total. The van der Waals surface area contributed by atoms with Gasteiger partial charge in [0.1, 0.15) is 0 Å². The lowest BCUT2D eigenvalue weighted by atomic mass is 9.96. The van der Waals surface area contributed by atoms with Crippen LogP contribution in [0.3, 0.4) is 0 Å². The first-order chi connectivity index (χ1) is 10.6. The van der Waals surface area contributed by atoms with Crippen molar-refractivity contribution in [2.45, 2.75) is 38.8 Å². The molecule has 0 aliphatic rings. The van der Waals surface area contributed by atoms with Crippen LogP contribution >= 0.6 is 15.9 Å². The molecule has 0 saturated heterocycles. The lowest BCUT2D eigenvalue weighted by molar-refractivity contribution is -0.384. The number of nitrogens with zero attached hydrogens (tertiary/aromatic N) is 2. The number of benzene rings is 1. The Labute approximate surface area is 142 Å². The third-order valence-electron chi connectivity index (χ3n) is 3.32. The number of hydrogen-bond acceptors (Lipinski definition) is 4. The number of ketones is 1. The van der Waals surface area contributed by atoms with E-state index in [1.54, 1.807) is 20.8 Å². The molecule has 1 rings (SSSR count). The van der Waals surface area contributed by atoms with Crippen molar-refractivity contribution in [1.29, 1.82) is 0 Å². The Balaban J connectivity index is 3.14. The third kappa shape index (κ3) is 5.02. The highest BCUT2D eigenvalue weighted by Crippen LogP contribution is 2.22. The van der Waals surface area contributed by atoms with E-state index in [0.29, 0.717) is 5.56 Å². The number of alkyl halides is 1. The minimum Gasteiger partial charge on any atom is -0.465 e. The Morgan fingerprint density at radius 3 is 2.17 bits per heavy atom. The topological polar surface area (TPSA) is 101 Å². The Kier molecular flexibility index (Phi) is 6.26. The zero-order valence-corrected chi connectivity index (χ0v) is 14.7. The fourth-order valence-corrected chi connectivity index (χ4v) is 2.68. The summed E-state index contributed by atoms with van der Waals surface area (Å²) in [5.41, 5.74) is -0.150. The van der Waals surface area contributed by atoms with Crippen LogP contribution < -0.4 is 0 Å². The van der Waals surface area contributed by atoms with Crippen molar-refractivity contribution in [3.8, 4) is 0 Å². The first-order valence-corrected chi connectivity index (χ1v) is 8.04. The summed E-state index contributed by atoms with van der Waals surface area (Å²) < 4.78 is 0. The molecule has 1 atom stereocenters. The summed E-state index contributed by atoms with van der Waals surface area (Å²) in [4.78, 5) is 35.1. The van der Waals surface area contributed by atoms with Gasteiger partial charge in [-0.05, 0) is 26.3 Å². The zero-order valence-electron chi connectivity index (χ0n) is 13.2. The largest absolute Gasteiger partial charge is 0.465 e. The molecule has 0 unspecified atom stereocenters. The van der Waals surface area contributed by atoms with Gasteiger partial charge in [-0.2, -0.15) is 0 Å². The SMILES string of the molecule is CC(C)(C)N(C(=O)O)[C@@H](Cc1ccc([N+](=O)[O-])cc1)C(=O)CBr. The van der Waals surface area contributed by atoms with Crippen LogP contribution in [-0.4, -0.2) is 43.7 Å². The molecule has 0 aromatic heterocycles. The average molecular weight is 387 g/mol. The van der Waals surface area contributed by atoms with Crippen LogP contribution in [-0.2, 0) is 11.2 Å². The molecule has 8 heteroatoms. The second-order valence-corrected chi connectivity index (χ2v) is 6.63. The number of carbonyl (C=O) groups is 2. The van der Waals surface area contributed by atoms with Gasteiger partial charge in [-0.3, -0.25) is 19.8 Å². The molecule has 0 heterocycles. The van der Waals surface area contributed by atoms with Gasteiger partial charge in [-0.25, -0.2) is 4.79 Å². The summed E-state index contributed by atoms with van der Waals surface area (Å²) >= 11 is 3.09. The quantitative estimate of drug-likeness (QED) is 0.459. The highest BCUT2D eigenvalue weighted by Gasteiger charge is 2.36. The molecule has 1 amide bonds. The molecule has 0 fully saturated rings. The van der Waals surface area contributed by atoms with Crippen LogP contribution in [0.25, 0.3) is 0 Å². The summed E-state index contributed by atoms with van der Waals surface area (Å²) in [5.74, 6) is -0.263. The zero-order chi connectivity index (χ0) is 17.8. The first-order valence-electron chi connectivity index (χ1n) is 6.92. The maximum Gasteiger partial charge on any atom is 0.408 e. The summed E-state index contributed by atoms with van der Waals surface area (Å²) in [7, 11) is 0. The number of rotatable bonds is 6. The number of nitro benzene ring substituents is 1. The van der Waals surface area contributed by atoms with E-state index >= 15 is 0 Å². The molecule has 0 radical (unpaired) electrons. The van der Waals surface area contributed by atoms with E-state index in [0.717, 1.165) is 4.90 Å². The van der Waals surface area contributed by atoms with Crippen LogP contribution in [0, 0.1) is 10.1 Å². The number of amides is 1. The van der Waals surface area contributed by atoms with Crippen LogP contribution in [0.1, 0.15) is 26.3 Å². The molecule has 0 saturated carbocycles. The average Bonchev–Trinajstić information content (AvgIpc) is 2.44. The fraction of sp³-hybridized carbons (Fsp3) is 0.467. The summed E-state index contributed by atoms with van der Waals surface area (Å²) in [5, 5.41) is 20.2. The predicted molar refractivity (Wildman–Crippen MR) is 89.0 cm³/mol. The van der Waals surface area contributed by atoms with Crippen molar-refractivity contribution in [3.05, 3.63) is 39.9 Å². The van der Waals surface area contributed by atoms with E-state index < -0.39 is 22.6 Å². The van der Waals surface area contributed by atoms with Crippen LogP contribution in [0.4, 0.5) is 10.5 Å². The first kappa shape index (κ1) is 19.1. The maximum atomic E-state index is 12.2. The third-order valence-corrected chi connectivity index (χ3v) is 3.87. The fourth-order valence-electron chi connectivity index (χ4n) is 2.30. The molecule has 1 N–H and O–H groups in total. The van der Waals surface area contributed by atoms with Crippen molar-refractivity contribution < 1.29 is 19.6 Å². The number of Topliss-reactive ketones (excluding diaryl/α,β-unsaturated/α-hetero) is 1. The second kappa shape index (κ2) is 7.54. The van der Waals surface area contributed by atoms with Crippen LogP contribution in [0.15, 0.2) is 24.3 Å². The van der Waals surface area contributed by atoms with Gasteiger partial charge in [0.15, 0.2) is 5.78 Å². The Morgan fingerprint density at radius 1 is 1.30 bits per heavy atom. The number of halogens is 1. The van der Waals surface area contributed by atoms with Crippen LogP contribution in [0.5, 0.6) is 0 Å². The normalized spacial score (nSPS) is 12.5. The summed E-state index contributed by atoms with van der Waals surface area (Å²) in [6.45, 7) is 5.14. The second-order valence-electron chi connectivity index (χ2n) is 6.07. The number of non-ortho nitro benzene ring substituents is 1. The Hall–Kier alpha value is -1.96. The molecule has 23 heavy (non-hydrogen) atoms. The van der Waals surface area contributed by atoms with Crippen molar-refractivity contribution in [2.24, 2.45) is 0 Å². The standard InChI is InChI=1S/C15H19BrN2O5/c1-15(2,3)17(14(20)21)12(13(19)9-16)8-10-4-6-11(7-5-10)18(22)23/h4-7,12H,8-9H2,1-3H3,(H,20,21)/t12-/m0/s1. The van der Waals surface area contributed by atoms with E-state index in [2.05, 4.69) is 15.9 Å². The molecular formula is C15H19BrN2O5. The molecular weight excluding hydrogens is 368 g/mol. The number of nitro groups is 1. The maximum absolute atomic E-state index is 12.2. The monoisotopic (exact) mass is 386 g/mol. The molecule has 126 valence electrons. The molecule has 0 bridgehead atoms. The minimum absolute atomic E-state index is 0.0323. The highest BCUT2D eigenvalue weighted by atomic mass is 79.9. The lowest BCUT2D eigenvalue weighted by Crippen LogP contribution is -2.55. The van der Waals surface area contributed by atoms with E-state index in [1.807, 2.05) is 0 Å². The van der Waals surface area contributed by atoms with Gasteiger partial charge < -0.3 is 5.11 Å². The van der Waals surface area contributed by atoms with Gasteiger partial charge in [0.2, 0.25) is 0 Å². The molecule has 1 aromatic carbocycles. The van der Waals surface area contributed by atoms with E-state index in [1.165, 1.54) is 24.3 Å². The van der Waals surface area contributed by atoms with Crippen molar-refractivity contribution in [2.75, 3.05) is 5.33 Å². The lowest BCUT2D eigenvalue weighted by Gasteiger charge is -2.38. The van der Waals surface area contributed by atoms with E-state index in [4.69, 9.17) is 0 Å². The van der Waals surface area contributed by atoms with Crippen molar-refractivity contribution >= 4 is 33.5 Å². The summed E-state index contributed by atoms with van der Waals surface area (Å²) in [6.07, 6.45) is -1.02. The van der Waals surface area contributed by atoms with Gasteiger partial charge in [0.25, 0.3) is 5.69 Å². The Morgan fingerprint density at radius 2 is 1.83 bits per heavy atom. The molecule has 1 aromatic rings. The van der Waals surface area contributed by atoms with Gasteiger partial charge in [-0.15, -0.1) is 0 Å². The van der Waals surface area contributed by atoms with Gasteiger partial charge in [0.05, 0.1) is 16.3 Å². The molecule has 0 aliphatic carbocycles. The number of hydrogen-bond donors (Lipinski definition) is 1. The summed E-state index contributed by atoms with van der Waals surface area (Å²) in [6, 6.07) is 4.89. The highest BCUT2D eigenvalue weighted by molar-refractivity contribution is 9.09. The number of carboxylic acid groups (broad SMARTS) is 1. The van der Waals surface area contributed by atoms with Crippen molar-refractivity contribution in [3.63, 3.8) is 0 Å². The number of carbonyl (C=O) groups excluding carboxylic acids is 1. The van der Waals surface area contributed by atoms with Gasteiger partial charge in [0, 0.05) is 24.1 Å². The van der Waals surface area contributed by atoms with E-state index in [9.17, 15) is 24.8 Å². The molecule has 0 aliphatic heterocycles. The predicted octanol–water partition coefficient (Wildman–Crippen LogP) is 3.25. The molecule has 0 spiro atoms. The van der Waals surface area contributed by atoms with Gasteiger partial charge >= 0.3 is 6.09 Å². The smallest absolute Gasteiger partial charge is 0.408 e. The Bertz CT molecular complexity index is 595. The van der Waals surface area contributed by atoms with Gasteiger partial charge in [-0.1, -0.05) is 28.1 Å². The minimum atomic E-state index is -1.18. The van der Waals surface area contributed by atoms with E-state index in [-0.39, 0.29) is 23.2 Å². The van der Waals surface area contributed by atoms with Crippen molar-refractivity contribution in [1.82, 2.24) is 4.90 Å². The van der Waals surface area contributed by atoms with Crippen LogP contribution in [0.2, 0.25) is 0 Å².